The van der Waals surface area contributed by atoms with Gasteiger partial charge in [0.05, 0.1) is 0 Å². The minimum atomic E-state index is -0.589. The molecule has 128 valence electrons. The highest BCUT2D eigenvalue weighted by atomic mass is 16.6. The molecule has 4 rings (SSSR count). The van der Waals surface area contributed by atoms with Crippen LogP contribution in [0.15, 0.2) is 30.3 Å². The van der Waals surface area contributed by atoms with E-state index in [2.05, 4.69) is 5.32 Å². The van der Waals surface area contributed by atoms with Crippen LogP contribution in [0, 0.1) is 0 Å². The van der Waals surface area contributed by atoms with Gasteiger partial charge in [-0.3, -0.25) is 9.59 Å². The van der Waals surface area contributed by atoms with E-state index >= 15 is 0 Å². The Balaban J connectivity index is 1.42. The second-order valence-electron chi connectivity index (χ2n) is 6.74. The van der Waals surface area contributed by atoms with Gasteiger partial charge in [0, 0.05) is 31.8 Å². The summed E-state index contributed by atoms with van der Waals surface area (Å²) in [5.74, 6) is -1.32. The van der Waals surface area contributed by atoms with Crippen molar-refractivity contribution in [3.63, 3.8) is 0 Å². The summed E-state index contributed by atoms with van der Waals surface area (Å²) in [6.45, 7) is 1.34. The Labute approximate surface area is 140 Å². The molecule has 5 atom stereocenters. The van der Waals surface area contributed by atoms with Crippen LogP contribution < -0.4 is 5.32 Å². The number of epoxide rings is 1. The zero-order valence-electron chi connectivity index (χ0n) is 13.5. The van der Waals surface area contributed by atoms with E-state index < -0.39 is 11.9 Å². The molecule has 3 aliphatic rings. The van der Waals surface area contributed by atoms with E-state index in [0.717, 1.165) is 18.4 Å². The van der Waals surface area contributed by atoms with Crippen LogP contribution in [0.2, 0.25) is 0 Å². The molecule has 0 amide bonds. The summed E-state index contributed by atoms with van der Waals surface area (Å²) < 4.78 is 16.4. The van der Waals surface area contributed by atoms with Gasteiger partial charge < -0.3 is 19.5 Å². The Morgan fingerprint density at radius 3 is 2.50 bits per heavy atom. The van der Waals surface area contributed by atoms with Gasteiger partial charge in [0.15, 0.2) is 0 Å². The number of piperidine rings is 1. The lowest BCUT2D eigenvalue weighted by molar-refractivity contribution is -0.156. The van der Waals surface area contributed by atoms with Crippen LogP contribution >= 0.6 is 0 Å². The van der Waals surface area contributed by atoms with Crippen molar-refractivity contribution in [2.24, 2.45) is 0 Å². The molecular weight excluding hydrogens is 310 g/mol. The number of benzene rings is 1. The van der Waals surface area contributed by atoms with Gasteiger partial charge >= 0.3 is 11.9 Å². The molecular formula is C18H21NO5. The van der Waals surface area contributed by atoms with Crippen molar-refractivity contribution in [2.45, 2.75) is 56.1 Å². The Morgan fingerprint density at radius 2 is 1.88 bits per heavy atom. The van der Waals surface area contributed by atoms with Gasteiger partial charge in [0.25, 0.3) is 0 Å². The van der Waals surface area contributed by atoms with Gasteiger partial charge in [0.1, 0.15) is 30.8 Å². The van der Waals surface area contributed by atoms with Crippen molar-refractivity contribution in [2.75, 3.05) is 6.61 Å². The lowest BCUT2D eigenvalue weighted by Crippen LogP contribution is -2.47. The first kappa shape index (κ1) is 15.6. The largest absolute Gasteiger partial charge is 0.465 e. The van der Waals surface area contributed by atoms with Crippen LogP contribution in [0.25, 0.3) is 0 Å². The summed E-state index contributed by atoms with van der Waals surface area (Å²) in [5, 5.41) is 3.51. The van der Waals surface area contributed by atoms with Gasteiger partial charge in [-0.1, -0.05) is 30.3 Å². The van der Waals surface area contributed by atoms with Crippen LogP contribution in [0.1, 0.15) is 31.2 Å². The molecule has 0 radical (unpaired) electrons. The van der Waals surface area contributed by atoms with E-state index in [0.29, 0.717) is 12.2 Å². The van der Waals surface area contributed by atoms with Crippen LogP contribution in [0.3, 0.4) is 0 Å². The third kappa shape index (κ3) is 3.03. The van der Waals surface area contributed by atoms with Gasteiger partial charge in [-0.05, 0) is 5.56 Å². The molecule has 1 aromatic rings. The van der Waals surface area contributed by atoms with Crippen molar-refractivity contribution < 1.29 is 23.8 Å². The Hall–Kier alpha value is -1.92. The number of nitrogens with one attached hydrogen (secondary N) is 1. The lowest BCUT2D eigenvalue weighted by atomic mass is 9.98. The second-order valence-corrected chi connectivity index (χ2v) is 6.74. The fraction of sp³-hybridized carbons (Fsp3) is 0.556. The van der Waals surface area contributed by atoms with E-state index in [4.69, 9.17) is 14.2 Å². The Kier molecular flexibility index (Phi) is 4.02. The molecule has 0 aliphatic carbocycles. The number of fused-ring (bicyclic) bond motifs is 5. The van der Waals surface area contributed by atoms with Crippen molar-refractivity contribution in [1.82, 2.24) is 5.32 Å². The average Bonchev–Trinajstić information content (AvgIpc) is 3.32. The number of carbonyl (C=O) groups is 2. The number of morpholine rings is 1. The summed E-state index contributed by atoms with van der Waals surface area (Å²) in [6.07, 6.45) is 2.04. The number of hydrogen-bond acceptors (Lipinski definition) is 6. The summed E-state index contributed by atoms with van der Waals surface area (Å²) in [5.41, 5.74) is 0.798. The van der Waals surface area contributed by atoms with Gasteiger partial charge in [0.2, 0.25) is 0 Å². The molecule has 3 aliphatic heterocycles. The molecule has 3 heterocycles. The minimum absolute atomic E-state index is 0.00433. The highest BCUT2D eigenvalue weighted by Gasteiger charge is 2.59. The predicted molar refractivity (Wildman–Crippen MR) is 84.3 cm³/mol. The SMILES string of the molecule is CC(=O)OCC(C(=O)OC1CC2NC(C1)C1OC21)c1ccccc1. The summed E-state index contributed by atoms with van der Waals surface area (Å²) in [6, 6.07) is 9.88. The Morgan fingerprint density at radius 1 is 1.21 bits per heavy atom. The maximum Gasteiger partial charge on any atom is 0.317 e. The molecule has 6 nitrogen and oxygen atoms in total. The summed E-state index contributed by atoms with van der Waals surface area (Å²) >= 11 is 0. The van der Waals surface area contributed by atoms with Crippen molar-refractivity contribution in [3.8, 4) is 0 Å². The van der Waals surface area contributed by atoms with Crippen molar-refractivity contribution >= 4 is 11.9 Å². The van der Waals surface area contributed by atoms with Crippen molar-refractivity contribution in [1.29, 1.82) is 0 Å². The van der Waals surface area contributed by atoms with E-state index in [1.165, 1.54) is 6.92 Å². The molecule has 0 spiro atoms. The van der Waals surface area contributed by atoms with E-state index in [9.17, 15) is 9.59 Å². The minimum Gasteiger partial charge on any atom is -0.465 e. The number of ether oxygens (including phenoxy) is 3. The number of rotatable bonds is 5. The summed E-state index contributed by atoms with van der Waals surface area (Å²) in [4.78, 5) is 23.8. The van der Waals surface area contributed by atoms with Gasteiger partial charge in [-0.25, -0.2) is 0 Å². The van der Waals surface area contributed by atoms with E-state index in [1.807, 2.05) is 30.3 Å². The standard InChI is InChI=1S/C18H21NO5/c1-10(20)22-9-13(11-5-3-2-4-6-11)18(21)23-12-7-14-16-17(24-16)15(8-12)19-14/h2-6,12-17,19H,7-9H2,1H3. The average molecular weight is 331 g/mol. The van der Waals surface area contributed by atoms with Crippen molar-refractivity contribution in [3.05, 3.63) is 35.9 Å². The van der Waals surface area contributed by atoms with Crippen LogP contribution in [0.4, 0.5) is 0 Å². The topological polar surface area (TPSA) is 77.2 Å². The molecule has 5 unspecified atom stereocenters. The number of hydrogen-bond donors (Lipinski definition) is 1. The fourth-order valence-electron chi connectivity index (χ4n) is 3.84. The molecule has 6 heteroatoms. The van der Waals surface area contributed by atoms with Gasteiger partial charge in [-0.2, -0.15) is 0 Å². The highest BCUT2D eigenvalue weighted by molar-refractivity contribution is 5.79. The maximum atomic E-state index is 12.7. The predicted octanol–water partition coefficient (Wildman–Crippen LogP) is 1.15. The Bertz CT molecular complexity index is 618. The molecule has 0 saturated carbocycles. The first-order chi connectivity index (χ1) is 11.6. The second kappa shape index (κ2) is 6.18. The molecule has 1 N–H and O–H groups in total. The monoisotopic (exact) mass is 331 g/mol. The van der Waals surface area contributed by atoms with E-state index in [1.54, 1.807) is 0 Å². The number of esters is 2. The zero-order valence-corrected chi connectivity index (χ0v) is 13.5. The van der Waals surface area contributed by atoms with E-state index in [-0.39, 0.29) is 30.8 Å². The highest BCUT2D eigenvalue weighted by Crippen LogP contribution is 2.43. The molecule has 0 aromatic heterocycles. The van der Waals surface area contributed by atoms with Crippen LogP contribution in [-0.4, -0.2) is 48.9 Å². The first-order valence-corrected chi connectivity index (χ1v) is 8.42. The summed E-state index contributed by atoms with van der Waals surface area (Å²) in [7, 11) is 0. The molecule has 24 heavy (non-hydrogen) atoms. The molecule has 1 aromatic carbocycles. The third-order valence-electron chi connectivity index (χ3n) is 5.04. The van der Waals surface area contributed by atoms with Crippen LogP contribution in [-0.2, 0) is 23.8 Å². The lowest BCUT2D eigenvalue weighted by Gasteiger charge is -2.31. The zero-order chi connectivity index (χ0) is 16.7. The maximum absolute atomic E-state index is 12.7. The fourth-order valence-corrected chi connectivity index (χ4v) is 3.84. The molecule has 3 fully saturated rings. The van der Waals surface area contributed by atoms with Crippen LogP contribution in [0.5, 0.6) is 0 Å². The smallest absolute Gasteiger partial charge is 0.317 e. The van der Waals surface area contributed by atoms with Gasteiger partial charge in [-0.15, -0.1) is 0 Å². The normalized spacial score (nSPS) is 34.1. The first-order valence-electron chi connectivity index (χ1n) is 8.42. The molecule has 3 saturated heterocycles. The number of carbonyl (C=O) groups excluding carboxylic acids is 2. The third-order valence-corrected chi connectivity index (χ3v) is 5.04. The quantitative estimate of drug-likeness (QED) is 0.644. The molecule has 2 bridgehead atoms.